The zero-order valence-corrected chi connectivity index (χ0v) is 17.6. The van der Waals surface area contributed by atoms with Crippen molar-refractivity contribution in [2.24, 2.45) is 0 Å². The summed E-state index contributed by atoms with van der Waals surface area (Å²) in [5.74, 6) is -0.715. The second-order valence-electron chi connectivity index (χ2n) is 6.49. The Hall–Kier alpha value is -1.91. The molecule has 1 aliphatic heterocycles. The van der Waals surface area contributed by atoms with Gasteiger partial charge in [0.05, 0.1) is 0 Å². The predicted octanol–water partition coefficient (Wildman–Crippen LogP) is 5.17. The van der Waals surface area contributed by atoms with Gasteiger partial charge in [-0.3, -0.25) is 4.79 Å². The van der Waals surface area contributed by atoms with E-state index in [1.807, 2.05) is 0 Å². The third-order valence-corrected chi connectivity index (χ3v) is 3.88. The lowest BCUT2D eigenvalue weighted by atomic mass is 10.2. The van der Waals surface area contributed by atoms with Gasteiger partial charge in [-0.15, -0.1) is 0 Å². The SMILES string of the molecule is C1CNCCN1.CCC=CCC=CCC=CCC=CCC=CCCCC(=O)O. The molecule has 0 radical (unpaired) electrons. The molecule has 1 fully saturated rings. The minimum absolute atomic E-state index is 0.258. The molecule has 0 saturated carbocycles. The van der Waals surface area contributed by atoms with Crippen LogP contribution in [0.3, 0.4) is 0 Å². The minimum atomic E-state index is -0.715. The van der Waals surface area contributed by atoms with Crippen molar-refractivity contribution in [3.8, 4) is 0 Å². The predicted molar refractivity (Wildman–Crippen MR) is 122 cm³/mol. The summed E-state index contributed by atoms with van der Waals surface area (Å²) in [6.07, 6.45) is 28.4. The van der Waals surface area contributed by atoms with E-state index in [4.69, 9.17) is 5.11 Å². The van der Waals surface area contributed by atoms with E-state index in [0.29, 0.717) is 0 Å². The molecule has 0 aromatic carbocycles. The van der Waals surface area contributed by atoms with Crippen molar-refractivity contribution in [1.82, 2.24) is 10.6 Å². The molecule has 0 unspecified atom stereocenters. The lowest BCUT2D eigenvalue weighted by Gasteiger charge is -2.11. The molecular weight excluding hydrogens is 348 g/mol. The smallest absolute Gasteiger partial charge is 0.303 e. The molecule has 3 N–H and O–H groups in total. The highest BCUT2D eigenvalue weighted by atomic mass is 16.4. The molecule has 0 bridgehead atoms. The van der Waals surface area contributed by atoms with E-state index < -0.39 is 5.97 Å². The van der Waals surface area contributed by atoms with Crippen LogP contribution in [0.2, 0.25) is 0 Å². The Labute approximate surface area is 172 Å². The van der Waals surface area contributed by atoms with Crippen molar-refractivity contribution >= 4 is 5.97 Å². The normalized spacial score (nSPS) is 15.2. The topological polar surface area (TPSA) is 61.4 Å². The summed E-state index contributed by atoms with van der Waals surface area (Å²) in [4.78, 5) is 10.3. The number of aliphatic carboxylic acids is 1. The Morgan fingerprint density at radius 3 is 1.46 bits per heavy atom. The number of carboxylic acids is 1. The van der Waals surface area contributed by atoms with Gasteiger partial charge in [0, 0.05) is 32.6 Å². The first-order valence-corrected chi connectivity index (χ1v) is 10.7. The molecule has 4 heteroatoms. The number of nitrogens with one attached hydrogen (secondary N) is 2. The van der Waals surface area contributed by atoms with E-state index in [1.54, 1.807) is 0 Å². The van der Waals surface area contributed by atoms with Crippen molar-refractivity contribution in [1.29, 1.82) is 0 Å². The van der Waals surface area contributed by atoms with Crippen LogP contribution in [0, 0.1) is 0 Å². The quantitative estimate of drug-likeness (QED) is 0.301. The van der Waals surface area contributed by atoms with Crippen LogP contribution in [0.1, 0.15) is 58.3 Å². The van der Waals surface area contributed by atoms with Gasteiger partial charge in [0.15, 0.2) is 0 Å². The Bertz CT molecular complexity index is 475. The van der Waals surface area contributed by atoms with Crippen LogP contribution in [-0.2, 0) is 4.79 Å². The monoisotopic (exact) mass is 388 g/mol. The number of hydrogen-bond donors (Lipinski definition) is 3. The number of hydrogen-bond acceptors (Lipinski definition) is 3. The van der Waals surface area contributed by atoms with Crippen LogP contribution in [0.4, 0.5) is 0 Å². The van der Waals surface area contributed by atoms with Gasteiger partial charge < -0.3 is 15.7 Å². The Morgan fingerprint density at radius 2 is 1.11 bits per heavy atom. The van der Waals surface area contributed by atoms with E-state index in [-0.39, 0.29) is 6.42 Å². The van der Waals surface area contributed by atoms with E-state index in [1.165, 1.54) is 0 Å². The van der Waals surface area contributed by atoms with Crippen molar-refractivity contribution in [2.45, 2.75) is 58.3 Å². The number of carbonyl (C=O) groups is 1. The molecule has 158 valence electrons. The van der Waals surface area contributed by atoms with Crippen molar-refractivity contribution in [3.63, 3.8) is 0 Å². The van der Waals surface area contributed by atoms with Crippen LogP contribution in [0.25, 0.3) is 0 Å². The minimum Gasteiger partial charge on any atom is -0.481 e. The summed E-state index contributed by atoms with van der Waals surface area (Å²) >= 11 is 0. The fourth-order valence-electron chi connectivity index (χ4n) is 2.34. The summed E-state index contributed by atoms with van der Waals surface area (Å²) < 4.78 is 0. The third-order valence-electron chi connectivity index (χ3n) is 3.88. The molecule has 0 aromatic heterocycles. The maximum atomic E-state index is 10.3. The zero-order valence-electron chi connectivity index (χ0n) is 17.6. The molecular formula is C24H40N2O2. The number of unbranched alkanes of at least 4 members (excludes halogenated alkanes) is 1. The van der Waals surface area contributed by atoms with E-state index >= 15 is 0 Å². The van der Waals surface area contributed by atoms with Gasteiger partial charge in [0.25, 0.3) is 0 Å². The molecule has 0 atom stereocenters. The van der Waals surface area contributed by atoms with Crippen LogP contribution in [-0.4, -0.2) is 37.3 Å². The molecule has 1 aliphatic rings. The van der Waals surface area contributed by atoms with Gasteiger partial charge in [-0.2, -0.15) is 0 Å². The standard InChI is InChI=1S/C20H30O2.C4H10N2/c1-2-3-4-5-6-7-8-9-10-11-12-13-14-15-16-17-18-19-20(21)22;1-2-6-4-3-5-1/h3-4,6-7,9-10,12-13,15-16H,2,5,8,11,14,17-19H2,1H3,(H,21,22);5-6H,1-4H2. The summed E-state index contributed by atoms with van der Waals surface area (Å²) in [5, 5.41) is 14.9. The fraction of sp³-hybridized carbons (Fsp3) is 0.542. The average Bonchev–Trinajstić information content (AvgIpc) is 2.72. The number of piperazine rings is 1. The molecule has 1 saturated heterocycles. The van der Waals surface area contributed by atoms with Gasteiger partial charge in [0.2, 0.25) is 0 Å². The number of rotatable bonds is 13. The highest BCUT2D eigenvalue weighted by Gasteiger charge is 1.92. The molecule has 0 amide bonds. The molecule has 1 rings (SSSR count). The van der Waals surface area contributed by atoms with Crippen LogP contribution >= 0.6 is 0 Å². The van der Waals surface area contributed by atoms with Crippen LogP contribution < -0.4 is 10.6 Å². The van der Waals surface area contributed by atoms with E-state index in [0.717, 1.165) is 71.1 Å². The van der Waals surface area contributed by atoms with Crippen molar-refractivity contribution < 1.29 is 9.90 Å². The van der Waals surface area contributed by atoms with Crippen LogP contribution in [0.5, 0.6) is 0 Å². The van der Waals surface area contributed by atoms with Crippen LogP contribution in [0.15, 0.2) is 60.8 Å². The first-order valence-electron chi connectivity index (χ1n) is 10.7. The molecule has 4 nitrogen and oxygen atoms in total. The first kappa shape index (κ1) is 26.1. The lowest BCUT2D eigenvalue weighted by Crippen LogP contribution is -2.39. The highest BCUT2D eigenvalue weighted by molar-refractivity contribution is 5.66. The average molecular weight is 389 g/mol. The van der Waals surface area contributed by atoms with Gasteiger partial charge in [0.1, 0.15) is 0 Å². The summed E-state index contributed by atoms with van der Waals surface area (Å²) in [6, 6.07) is 0. The van der Waals surface area contributed by atoms with Gasteiger partial charge in [-0.25, -0.2) is 0 Å². The van der Waals surface area contributed by atoms with Crippen molar-refractivity contribution in [3.05, 3.63) is 60.8 Å². The van der Waals surface area contributed by atoms with Gasteiger partial charge in [-0.05, 0) is 44.9 Å². The lowest BCUT2D eigenvalue weighted by molar-refractivity contribution is -0.137. The van der Waals surface area contributed by atoms with E-state index in [2.05, 4.69) is 78.3 Å². The summed E-state index contributed by atoms with van der Waals surface area (Å²) in [7, 11) is 0. The molecule has 1 heterocycles. The molecule has 0 aliphatic carbocycles. The van der Waals surface area contributed by atoms with Gasteiger partial charge >= 0.3 is 5.97 Å². The second kappa shape index (κ2) is 23.1. The Balaban J connectivity index is 0.00000102. The third kappa shape index (κ3) is 24.1. The summed E-state index contributed by atoms with van der Waals surface area (Å²) in [5.41, 5.74) is 0. The van der Waals surface area contributed by atoms with Crippen molar-refractivity contribution in [2.75, 3.05) is 26.2 Å². The maximum absolute atomic E-state index is 10.3. The molecule has 0 spiro atoms. The maximum Gasteiger partial charge on any atom is 0.303 e. The Kier molecular flexibility index (Phi) is 21.6. The highest BCUT2D eigenvalue weighted by Crippen LogP contribution is 1.99. The van der Waals surface area contributed by atoms with Gasteiger partial charge in [-0.1, -0.05) is 67.7 Å². The number of carboxylic acid groups (broad SMARTS) is 1. The fourth-order valence-corrected chi connectivity index (χ4v) is 2.34. The second-order valence-corrected chi connectivity index (χ2v) is 6.49. The first-order chi connectivity index (χ1) is 13.8. The zero-order chi connectivity index (χ0) is 20.5. The summed E-state index contributed by atoms with van der Waals surface area (Å²) in [6.45, 7) is 6.70. The number of allylic oxidation sites excluding steroid dienone is 10. The molecule has 28 heavy (non-hydrogen) atoms. The molecule has 0 aromatic rings. The Morgan fingerprint density at radius 1 is 0.714 bits per heavy atom. The van der Waals surface area contributed by atoms with E-state index in [9.17, 15) is 4.79 Å². The largest absolute Gasteiger partial charge is 0.481 e.